The van der Waals surface area contributed by atoms with Crippen LogP contribution in [0.3, 0.4) is 0 Å². The molecule has 0 fully saturated rings. The van der Waals surface area contributed by atoms with Crippen LogP contribution in [0.4, 0.5) is 0 Å². The summed E-state index contributed by atoms with van der Waals surface area (Å²) in [6.45, 7) is 1.17. The highest BCUT2D eigenvalue weighted by molar-refractivity contribution is 6.40. The Hall–Kier alpha value is -1.77. The van der Waals surface area contributed by atoms with Crippen LogP contribution in [0.1, 0.15) is 23.7 Å². The summed E-state index contributed by atoms with van der Waals surface area (Å²) in [6, 6.07) is 8.45. The average molecular weight is 190 g/mol. The van der Waals surface area contributed by atoms with Crippen LogP contribution >= 0.6 is 0 Å². The molecule has 3 nitrogen and oxygen atoms in total. The van der Waals surface area contributed by atoms with Crippen molar-refractivity contribution in [2.24, 2.45) is 0 Å². The van der Waals surface area contributed by atoms with Gasteiger partial charge in [0.1, 0.15) is 0 Å². The first-order chi connectivity index (χ1) is 6.61. The summed E-state index contributed by atoms with van der Waals surface area (Å²) in [5.41, 5.74) is 0.460. The van der Waals surface area contributed by atoms with E-state index < -0.39 is 11.6 Å². The van der Waals surface area contributed by atoms with Gasteiger partial charge in [-0.3, -0.25) is 14.4 Å². The van der Waals surface area contributed by atoms with E-state index in [2.05, 4.69) is 0 Å². The van der Waals surface area contributed by atoms with Crippen molar-refractivity contribution in [3.63, 3.8) is 0 Å². The van der Waals surface area contributed by atoms with E-state index in [0.29, 0.717) is 5.56 Å². The van der Waals surface area contributed by atoms with Gasteiger partial charge < -0.3 is 0 Å². The van der Waals surface area contributed by atoms with Crippen LogP contribution in [0.2, 0.25) is 0 Å². The number of hydrogen-bond donors (Lipinski definition) is 0. The Balaban J connectivity index is 2.69. The molecule has 72 valence electrons. The molecule has 0 saturated heterocycles. The fourth-order valence-electron chi connectivity index (χ4n) is 0.996. The van der Waals surface area contributed by atoms with E-state index in [1.807, 2.05) is 0 Å². The first kappa shape index (κ1) is 10.3. The molecule has 0 heterocycles. The minimum atomic E-state index is -0.640. The van der Waals surface area contributed by atoms with E-state index >= 15 is 0 Å². The molecule has 0 bridgehead atoms. The third-order valence-corrected chi connectivity index (χ3v) is 1.81. The molecule has 14 heavy (non-hydrogen) atoms. The number of Topliss-reactive ketones (excluding diaryl/α,β-unsaturated/α-hetero) is 3. The maximum absolute atomic E-state index is 11.4. The molecule has 0 atom stereocenters. The summed E-state index contributed by atoms with van der Waals surface area (Å²) < 4.78 is 0. The predicted octanol–water partition coefficient (Wildman–Crippen LogP) is 1.42. The maximum Gasteiger partial charge on any atom is 0.205 e. The number of rotatable bonds is 4. The molecule has 1 aromatic rings. The minimum absolute atomic E-state index is 0.314. The van der Waals surface area contributed by atoms with E-state index in [1.54, 1.807) is 30.3 Å². The van der Waals surface area contributed by atoms with Crippen molar-refractivity contribution >= 4 is 17.3 Å². The van der Waals surface area contributed by atoms with Gasteiger partial charge in [0, 0.05) is 12.5 Å². The van der Waals surface area contributed by atoms with Crippen LogP contribution in [0.15, 0.2) is 30.3 Å². The Morgan fingerprint density at radius 1 is 1.07 bits per heavy atom. The van der Waals surface area contributed by atoms with Gasteiger partial charge >= 0.3 is 0 Å². The van der Waals surface area contributed by atoms with Gasteiger partial charge in [-0.1, -0.05) is 30.3 Å². The van der Waals surface area contributed by atoms with Crippen LogP contribution in [0.25, 0.3) is 0 Å². The van der Waals surface area contributed by atoms with E-state index in [1.165, 1.54) is 6.92 Å². The zero-order valence-corrected chi connectivity index (χ0v) is 7.82. The summed E-state index contributed by atoms with van der Waals surface area (Å²) in [5, 5.41) is 0. The smallest absolute Gasteiger partial charge is 0.205 e. The molecule has 0 amide bonds. The molecule has 0 aliphatic heterocycles. The zero-order chi connectivity index (χ0) is 10.6. The highest BCUT2D eigenvalue weighted by Crippen LogP contribution is 2.03. The highest BCUT2D eigenvalue weighted by Gasteiger charge is 2.14. The fourth-order valence-corrected chi connectivity index (χ4v) is 0.996. The Morgan fingerprint density at radius 3 is 2.14 bits per heavy atom. The zero-order valence-electron chi connectivity index (χ0n) is 7.82. The largest absolute Gasteiger partial charge is 0.294 e. The lowest BCUT2D eigenvalue weighted by Gasteiger charge is -1.97. The average Bonchev–Trinajstić information content (AvgIpc) is 2.19. The number of carbonyl (C=O) groups is 3. The Morgan fingerprint density at radius 2 is 1.64 bits per heavy atom. The molecule has 0 aliphatic carbocycles. The third-order valence-electron chi connectivity index (χ3n) is 1.81. The fraction of sp³-hybridized carbons (Fsp3) is 0.182. The quantitative estimate of drug-likeness (QED) is 0.410. The number of hydrogen-bond acceptors (Lipinski definition) is 3. The van der Waals surface area contributed by atoms with Crippen LogP contribution in [-0.4, -0.2) is 17.3 Å². The summed E-state index contributed by atoms with van der Waals surface area (Å²) in [5.74, 6) is -1.53. The molecule has 0 unspecified atom stereocenters. The van der Waals surface area contributed by atoms with Gasteiger partial charge in [0.2, 0.25) is 5.78 Å². The van der Waals surface area contributed by atoms with Crippen molar-refractivity contribution in [2.45, 2.75) is 13.3 Å². The Kier molecular flexibility index (Phi) is 3.29. The van der Waals surface area contributed by atoms with Gasteiger partial charge in [-0.2, -0.15) is 0 Å². The topological polar surface area (TPSA) is 51.2 Å². The van der Waals surface area contributed by atoms with Crippen molar-refractivity contribution in [3.8, 4) is 0 Å². The van der Waals surface area contributed by atoms with E-state index in [4.69, 9.17) is 0 Å². The number of benzene rings is 1. The highest BCUT2D eigenvalue weighted by atomic mass is 16.2. The second-order valence-electron chi connectivity index (χ2n) is 2.95. The van der Waals surface area contributed by atoms with Crippen molar-refractivity contribution in [1.82, 2.24) is 0 Å². The molecule has 3 heteroatoms. The lowest BCUT2D eigenvalue weighted by atomic mass is 10.0. The Bertz CT molecular complexity index is 365. The molecule has 0 aliphatic rings. The van der Waals surface area contributed by atoms with Crippen LogP contribution < -0.4 is 0 Å². The predicted molar refractivity (Wildman–Crippen MR) is 51.1 cm³/mol. The normalized spacial score (nSPS) is 9.50. The van der Waals surface area contributed by atoms with E-state index in [9.17, 15) is 14.4 Å². The van der Waals surface area contributed by atoms with Crippen LogP contribution in [0, 0.1) is 0 Å². The van der Waals surface area contributed by atoms with Crippen molar-refractivity contribution in [2.75, 3.05) is 0 Å². The second kappa shape index (κ2) is 4.46. The summed E-state index contributed by atoms with van der Waals surface area (Å²) in [4.78, 5) is 33.0. The van der Waals surface area contributed by atoms with Gasteiger partial charge in [0.15, 0.2) is 11.6 Å². The summed E-state index contributed by atoms with van der Waals surface area (Å²) in [6.07, 6.45) is -0.334. The van der Waals surface area contributed by atoms with Gasteiger partial charge in [-0.05, 0) is 0 Å². The maximum atomic E-state index is 11.4. The first-order valence-corrected chi connectivity index (χ1v) is 4.23. The van der Waals surface area contributed by atoms with Crippen LogP contribution in [0.5, 0.6) is 0 Å². The van der Waals surface area contributed by atoms with Gasteiger partial charge in [0.25, 0.3) is 0 Å². The molecule has 0 saturated carbocycles. The van der Waals surface area contributed by atoms with E-state index in [0.717, 1.165) is 0 Å². The number of carbonyl (C=O) groups excluding carboxylic acids is 3. The molecular formula is C11H10O3. The Labute approximate surface area is 81.7 Å². The lowest BCUT2D eigenvalue weighted by molar-refractivity contribution is -0.134. The van der Waals surface area contributed by atoms with Crippen LogP contribution in [-0.2, 0) is 9.59 Å². The third kappa shape index (κ3) is 2.62. The standard InChI is InChI=1S/C11H10O3/c1-8(12)10(13)7-11(14)9-5-3-2-4-6-9/h2-6H,7H2,1H3. The van der Waals surface area contributed by atoms with Crippen molar-refractivity contribution < 1.29 is 14.4 Å². The summed E-state index contributed by atoms with van der Waals surface area (Å²) >= 11 is 0. The van der Waals surface area contributed by atoms with E-state index in [-0.39, 0.29) is 12.2 Å². The second-order valence-corrected chi connectivity index (χ2v) is 2.95. The van der Waals surface area contributed by atoms with Crippen molar-refractivity contribution in [3.05, 3.63) is 35.9 Å². The molecule has 0 radical (unpaired) electrons. The first-order valence-electron chi connectivity index (χ1n) is 4.23. The molecular weight excluding hydrogens is 180 g/mol. The van der Waals surface area contributed by atoms with Gasteiger partial charge in [-0.25, -0.2) is 0 Å². The van der Waals surface area contributed by atoms with Crippen molar-refractivity contribution in [1.29, 1.82) is 0 Å². The monoisotopic (exact) mass is 190 g/mol. The SMILES string of the molecule is CC(=O)C(=O)CC(=O)c1ccccc1. The van der Waals surface area contributed by atoms with Gasteiger partial charge in [-0.15, -0.1) is 0 Å². The molecule has 1 rings (SSSR count). The summed E-state index contributed by atoms with van der Waals surface area (Å²) in [7, 11) is 0. The molecule has 0 aromatic heterocycles. The molecule has 1 aromatic carbocycles. The van der Waals surface area contributed by atoms with Gasteiger partial charge in [0.05, 0.1) is 6.42 Å². The minimum Gasteiger partial charge on any atom is -0.294 e. The molecule has 0 spiro atoms. The lowest BCUT2D eigenvalue weighted by Crippen LogP contribution is -2.14. The number of ketones is 3. The molecule has 0 N–H and O–H groups in total.